The Labute approximate surface area is 320 Å². The Morgan fingerprint density at radius 1 is 0.660 bits per heavy atom. The zero-order chi connectivity index (χ0) is 39.0. The molecule has 2 aromatic rings. The first-order valence-corrected chi connectivity index (χ1v) is 20.6. The Hall–Kier alpha value is -0.950. The maximum absolute atomic E-state index is 13.1. The van der Waals surface area contributed by atoms with E-state index in [1.807, 2.05) is 39.8 Å². The first kappa shape index (κ1) is 47.1. The zero-order valence-corrected chi connectivity index (χ0v) is 36.6. The summed E-state index contributed by atoms with van der Waals surface area (Å²) in [5.74, 6) is 1.10. The van der Waals surface area contributed by atoms with Gasteiger partial charge in [-0.15, -0.1) is 0 Å². The molecule has 0 heterocycles. The molecule has 0 aliphatic rings. The molecule has 0 saturated heterocycles. The van der Waals surface area contributed by atoms with Crippen LogP contribution >= 0.6 is 23.2 Å². The summed E-state index contributed by atoms with van der Waals surface area (Å²) >= 11 is 13.2. The van der Waals surface area contributed by atoms with Crippen molar-refractivity contribution < 1.29 is 14.4 Å². The minimum absolute atomic E-state index is 0.00370. The van der Waals surface area contributed by atoms with Crippen molar-refractivity contribution in [1.82, 2.24) is 0 Å². The summed E-state index contributed by atoms with van der Waals surface area (Å²) in [5, 5.41) is 21.4. The third-order valence-electron chi connectivity index (χ3n) is 10.4. The zero-order valence-electron chi connectivity index (χ0n) is 34.3. The van der Waals surface area contributed by atoms with Crippen LogP contribution in [-0.4, -0.2) is 38.1 Å². The van der Waals surface area contributed by atoms with Gasteiger partial charge in [0.05, 0.1) is 0 Å². The first-order valence-electron chi connectivity index (χ1n) is 18.6. The summed E-state index contributed by atoms with van der Waals surface area (Å²) in [6.07, 6.45) is 4.08. The summed E-state index contributed by atoms with van der Waals surface area (Å²) in [6.45, 7) is 32.1. The van der Waals surface area contributed by atoms with Gasteiger partial charge in [-0.3, -0.25) is 4.21 Å². The molecule has 0 spiro atoms. The van der Waals surface area contributed by atoms with Crippen LogP contribution in [-0.2, 0) is 34.6 Å². The average molecular weight is 755 g/mol. The molecule has 0 aliphatic heterocycles. The van der Waals surface area contributed by atoms with Gasteiger partial charge in [0.25, 0.3) is 0 Å². The van der Waals surface area contributed by atoms with Crippen molar-refractivity contribution in [3.8, 4) is 0 Å². The van der Waals surface area contributed by atoms with Crippen LogP contribution in [0.2, 0.25) is 10.0 Å². The second-order valence-corrected chi connectivity index (χ2v) is 22.1. The number of hydrogen-bond acceptors (Lipinski definition) is 4. The number of aryl methyl sites for hydroxylation is 2. The molecule has 4 nitrogen and oxygen atoms in total. The third-order valence-corrected chi connectivity index (χ3v) is 13.3. The van der Waals surface area contributed by atoms with Gasteiger partial charge in [-0.2, -0.15) is 0 Å². The summed E-state index contributed by atoms with van der Waals surface area (Å²) in [5.41, 5.74) is 10.5. The largest absolute Gasteiger partial charge is 0.396 e. The van der Waals surface area contributed by atoms with E-state index in [2.05, 4.69) is 100 Å². The lowest BCUT2D eigenvalue weighted by Crippen LogP contribution is -2.45. The lowest BCUT2D eigenvalue weighted by molar-refractivity contribution is 0.120. The molecule has 5 atom stereocenters. The van der Waals surface area contributed by atoms with E-state index in [0.29, 0.717) is 17.1 Å². The smallest absolute Gasteiger partial charge is 0.0482 e. The van der Waals surface area contributed by atoms with Gasteiger partial charge in [0.15, 0.2) is 0 Å². The highest BCUT2D eigenvalue weighted by atomic mass is 35.5. The van der Waals surface area contributed by atoms with Crippen molar-refractivity contribution in [3.05, 3.63) is 68.7 Å². The number of benzene rings is 2. The van der Waals surface area contributed by atoms with Gasteiger partial charge < -0.3 is 15.9 Å². The van der Waals surface area contributed by atoms with Crippen LogP contribution in [0.4, 0.5) is 0 Å². The fraction of sp³-hybridized carbons (Fsp3) is 0.721. The van der Waals surface area contributed by atoms with E-state index in [0.717, 1.165) is 52.4 Å². The molecule has 2 rings (SSSR count). The van der Waals surface area contributed by atoms with Crippen LogP contribution in [0.3, 0.4) is 0 Å². The molecule has 50 heavy (non-hydrogen) atoms. The Morgan fingerprint density at radius 2 is 1.04 bits per heavy atom. The molecule has 0 aliphatic carbocycles. The van der Waals surface area contributed by atoms with Gasteiger partial charge in [-0.1, -0.05) is 124 Å². The molecule has 0 amide bonds. The number of nitrogens with two attached hydrogens (primary N) is 1. The highest BCUT2D eigenvalue weighted by Crippen LogP contribution is 2.41. The van der Waals surface area contributed by atoms with Crippen LogP contribution in [0.5, 0.6) is 0 Å². The Balaban J connectivity index is 0.000000515. The normalized spacial score (nSPS) is 17.1. The van der Waals surface area contributed by atoms with E-state index >= 15 is 0 Å². The van der Waals surface area contributed by atoms with Crippen LogP contribution in [0.1, 0.15) is 139 Å². The molecule has 4 N–H and O–H groups in total. The fourth-order valence-corrected chi connectivity index (χ4v) is 8.47. The Morgan fingerprint density at radius 3 is 1.36 bits per heavy atom. The van der Waals surface area contributed by atoms with Gasteiger partial charge in [0.1, 0.15) is 0 Å². The number of hydrogen-bond donors (Lipinski definition) is 3. The molecule has 7 heteroatoms. The molecular formula is C43H73Cl2NO3S. The van der Waals surface area contributed by atoms with Gasteiger partial charge >= 0.3 is 0 Å². The van der Waals surface area contributed by atoms with Crippen LogP contribution < -0.4 is 5.73 Å². The van der Waals surface area contributed by atoms with Gasteiger partial charge in [0.2, 0.25) is 0 Å². The SMILES string of the molecule is CC(C)C(CO)[C@@](C)(C[S@@](=O)C(C)(C)C)c1ccc(CCC(C)(C)C)c(Cl)c1.CC(C)C(CO)[C@@](C)(N)c1ccc(CCC(C)(C)C)c(Cl)c1. The maximum Gasteiger partial charge on any atom is 0.0482 e. The maximum atomic E-state index is 13.1. The monoisotopic (exact) mass is 753 g/mol. The highest BCUT2D eigenvalue weighted by molar-refractivity contribution is 7.86. The van der Waals surface area contributed by atoms with E-state index < -0.39 is 21.8 Å². The van der Waals surface area contributed by atoms with Gasteiger partial charge in [0, 0.05) is 61.4 Å². The first-order chi connectivity index (χ1) is 22.6. The quantitative estimate of drug-likeness (QED) is 0.179. The Bertz CT molecular complexity index is 1370. The second-order valence-electron chi connectivity index (χ2n) is 19.1. The van der Waals surface area contributed by atoms with Crippen LogP contribution in [0, 0.1) is 34.5 Å². The Kier molecular flexibility index (Phi) is 17.8. The van der Waals surface area contributed by atoms with E-state index in [1.165, 1.54) is 5.56 Å². The fourth-order valence-electron chi connectivity index (χ4n) is 6.56. The molecule has 2 unspecified atom stereocenters. The van der Waals surface area contributed by atoms with E-state index in [1.54, 1.807) is 0 Å². The minimum atomic E-state index is -1.03. The van der Waals surface area contributed by atoms with Crippen molar-refractivity contribution in [2.24, 2.45) is 40.2 Å². The highest BCUT2D eigenvalue weighted by Gasteiger charge is 2.41. The molecule has 0 saturated carbocycles. The number of aliphatic hydroxyl groups excluding tert-OH is 2. The third kappa shape index (κ3) is 14.1. The standard InChI is InChI=1S/C24H41ClO2S.C19H32ClNO/c1-17(2)20(15-26)24(9,16-28(27)23(6,7)8)19-11-10-18(21(25)14-19)12-13-22(3,4)5;1-13(2)16(12-22)19(6,21)15-8-7-14(17(20)11-15)9-10-18(3,4)5/h10-11,14,17,20,26H,12-13,15-16H2,1-9H3;7-8,11,13,16,22H,9-10,12,21H2,1-6H3/t20?,24-,28+;16?,19-/m00/s1. The predicted molar refractivity (Wildman–Crippen MR) is 221 cm³/mol. The number of aliphatic hydroxyl groups is 2. The molecule has 0 bridgehead atoms. The molecule has 2 aromatic carbocycles. The van der Waals surface area contributed by atoms with Crippen molar-refractivity contribution in [2.75, 3.05) is 19.0 Å². The molecule has 288 valence electrons. The van der Waals surface area contributed by atoms with Gasteiger partial charge in [-0.25, -0.2) is 0 Å². The number of rotatable bonds is 14. The topological polar surface area (TPSA) is 83.5 Å². The summed E-state index contributed by atoms with van der Waals surface area (Å²) < 4.78 is 12.8. The lowest BCUT2D eigenvalue weighted by atomic mass is 9.68. The second kappa shape index (κ2) is 18.9. The van der Waals surface area contributed by atoms with E-state index in [-0.39, 0.29) is 41.1 Å². The number of halogens is 2. The van der Waals surface area contributed by atoms with E-state index in [4.69, 9.17) is 28.9 Å². The minimum Gasteiger partial charge on any atom is -0.396 e. The van der Waals surface area contributed by atoms with Crippen LogP contribution in [0.25, 0.3) is 0 Å². The van der Waals surface area contributed by atoms with E-state index in [9.17, 15) is 14.4 Å². The average Bonchev–Trinajstić information content (AvgIpc) is 2.94. The van der Waals surface area contributed by atoms with Crippen LogP contribution in [0.15, 0.2) is 36.4 Å². The summed E-state index contributed by atoms with van der Waals surface area (Å²) in [6, 6.07) is 12.4. The van der Waals surface area contributed by atoms with Crippen molar-refractivity contribution in [2.45, 2.75) is 145 Å². The molecular weight excluding hydrogens is 681 g/mol. The lowest BCUT2D eigenvalue weighted by Gasteiger charge is -2.41. The van der Waals surface area contributed by atoms with Crippen molar-refractivity contribution >= 4 is 34.0 Å². The molecule has 0 fully saturated rings. The molecule has 0 aromatic heterocycles. The summed E-state index contributed by atoms with van der Waals surface area (Å²) in [7, 11) is -1.03. The summed E-state index contributed by atoms with van der Waals surface area (Å²) in [4.78, 5) is 0. The van der Waals surface area contributed by atoms with Crippen molar-refractivity contribution in [3.63, 3.8) is 0 Å². The van der Waals surface area contributed by atoms with Crippen molar-refractivity contribution in [1.29, 1.82) is 0 Å². The molecule has 0 radical (unpaired) electrons. The predicted octanol–water partition coefficient (Wildman–Crippen LogP) is 11.1. The van der Waals surface area contributed by atoms with Gasteiger partial charge in [-0.05, 0) is 116 Å².